The molecule has 0 radical (unpaired) electrons. The van der Waals surface area contributed by atoms with Crippen molar-refractivity contribution in [2.75, 3.05) is 6.61 Å². The molecule has 0 saturated carbocycles. The van der Waals surface area contributed by atoms with Gasteiger partial charge in [-0.2, -0.15) is 5.26 Å². The zero-order chi connectivity index (χ0) is 13.9. The molecule has 7 nitrogen and oxygen atoms in total. The van der Waals surface area contributed by atoms with Crippen molar-refractivity contribution in [2.24, 2.45) is 0 Å². The summed E-state index contributed by atoms with van der Waals surface area (Å²) in [6.45, 7) is 1.71. The molecule has 0 N–H and O–H groups in total. The second-order valence-corrected chi connectivity index (χ2v) is 5.59. The van der Waals surface area contributed by atoms with E-state index in [-0.39, 0.29) is 17.9 Å². The van der Waals surface area contributed by atoms with E-state index in [0.29, 0.717) is 0 Å². The molecule has 18 heavy (non-hydrogen) atoms. The summed E-state index contributed by atoms with van der Waals surface area (Å²) in [5.74, 6) is -0.187. The maximum absolute atomic E-state index is 11.3. The Balaban J connectivity index is 3.68. The summed E-state index contributed by atoms with van der Waals surface area (Å²) in [4.78, 5) is 9.23. The molecule has 9 heteroatoms. The number of nitriles is 1. The van der Waals surface area contributed by atoms with Crippen LogP contribution in [0.1, 0.15) is 12.5 Å². The Hall–Kier alpha value is -1.85. The van der Waals surface area contributed by atoms with E-state index in [2.05, 4.69) is 0 Å². The highest BCUT2D eigenvalue weighted by Crippen LogP contribution is 2.32. The SMILES string of the molecule is CCOc1cc([N+](=O)[O-])cc(S(=O)(=O)Cl)c1C#N. The molecule has 0 amide bonds. The summed E-state index contributed by atoms with van der Waals surface area (Å²) in [7, 11) is 0.857. The molecule has 0 spiro atoms. The molecule has 1 aromatic rings. The molecular formula is C9H7ClN2O5S. The first-order valence-corrected chi connectivity index (χ1v) is 6.92. The van der Waals surface area contributed by atoms with Gasteiger partial charge in [-0.3, -0.25) is 10.1 Å². The van der Waals surface area contributed by atoms with Gasteiger partial charge in [-0.15, -0.1) is 0 Å². The van der Waals surface area contributed by atoms with Crippen molar-refractivity contribution < 1.29 is 18.1 Å². The lowest BCUT2D eigenvalue weighted by atomic mass is 10.2. The minimum atomic E-state index is -4.28. The fourth-order valence-corrected chi connectivity index (χ4v) is 2.27. The van der Waals surface area contributed by atoms with Gasteiger partial charge in [-0.1, -0.05) is 0 Å². The van der Waals surface area contributed by atoms with Crippen LogP contribution in [-0.4, -0.2) is 19.9 Å². The second-order valence-electron chi connectivity index (χ2n) is 3.06. The largest absolute Gasteiger partial charge is 0.492 e. The van der Waals surface area contributed by atoms with E-state index in [1.54, 1.807) is 13.0 Å². The standard InChI is InChI=1S/C9H7ClN2O5S/c1-2-17-8-3-6(12(13)14)4-9(7(8)5-11)18(10,15)16/h3-4H,2H2,1H3. The van der Waals surface area contributed by atoms with Gasteiger partial charge in [0.25, 0.3) is 14.7 Å². The minimum Gasteiger partial charge on any atom is -0.492 e. The highest BCUT2D eigenvalue weighted by Gasteiger charge is 2.24. The van der Waals surface area contributed by atoms with E-state index in [1.165, 1.54) is 0 Å². The molecule has 0 fully saturated rings. The molecule has 0 unspecified atom stereocenters. The topological polar surface area (TPSA) is 110 Å². The molecule has 0 atom stereocenters. The van der Waals surface area contributed by atoms with Crippen molar-refractivity contribution >= 4 is 25.4 Å². The molecule has 0 heterocycles. The summed E-state index contributed by atoms with van der Waals surface area (Å²) >= 11 is 0. The zero-order valence-corrected chi connectivity index (χ0v) is 10.7. The van der Waals surface area contributed by atoms with Crippen molar-refractivity contribution in [2.45, 2.75) is 11.8 Å². The van der Waals surface area contributed by atoms with Crippen molar-refractivity contribution in [3.8, 4) is 11.8 Å². The van der Waals surface area contributed by atoms with Crippen LogP contribution in [0.4, 0.5) is 5.69 Å². The highest BCUT2D eigenvalue weighted by atomic mass is 35.7. The van der Waals surface area contributed by atoms with Crippen LogP contribution in [0, 0.1) is 21.4 Å². The van der Waals surface area contributed by atoms with Crippen molar-refractivity contribution in [1.29, 1.82) is 5.26 Å². The molecule has 0 bridgehead atoms. The fourth-order valence-electron chi connectivity index (χ4n) is 1.25. The lowest BCUT2D eigenvalue weighted by Gasteiger charge is -2.07. The van der Waals surface area contributed by atoms with Crippen LogP contribution < -0.4 is 4.74 Å². The molecule has 0 aliphatic carbocycles. The van der Waals surface area contributed by atoms with Gasteiger partial charge in [0.1, 0.15) is 22.3 Å². The maximum atomic E-state index is 11.3. The van der Waals surface area contributed by atoms with E-state index in [4.69, 9.17) is 20.7 Å². The predicted molar refractivity (Wildman–Crippen MR) is 62.0 cm³/mol. The van der Waals surface area contributed by atoms with Crippen LogP contribution in [0.15, 0.2) is 17.0 Å². The third-order valence-corrected chi connectivity index (χ3v) is 3.28. The number of nitro groups is 1. The number of nitrogens with zero attached hydrogens (tertiary/aromatic N) is 2. The van der Waals surface area contributed by atoms with Crippen LogP contribution in [0.5, 0.6) is 5.75 Å². The number of benzene rings is 1. The van der Waals surface area contributed by atoms with Crippen LogP contribution in [0.3, 0.4) is 0 Å². The quantitative estimate of drug-likeness (QED) is 0.475. The first kappa shape index (κ1) is 14.2. The van der Waals surface area contributed by atoms with Crippen molar-refractivity contribution in [1.82, 2.24) is 0 Å². The van der Waals surface area contributed by atoms with Gasteiger partial charge >= 0.3 is 0 Å². The van der Waals surface area contributed by atoms with Gasteiger partial charge < -0.3 is 4.74 Å². The number of ether oxygens (including phenoxy) is 1. The molecule has 96 valence electrons. The molecule has 0 saturated heterocycles. The van der Waals surface area contributed by atoms with Crippen LogP contribution in [0.25, 0.3) is 0 Å². The fraction of sp³-hybridized carbons (Fsp3) is 0.222. The summed E-state index contributed by atoms with van der Waals surface area (Å²) < 4.78 is 27.6. The molecule has 0 aromatic heterocycles. The van der Waals surface area contributed by atoms with Gasteiger partial charge in [0.15, 0.2) is 0 Å². The van der Waals surface area contributed by atoms with Gasteiger partial charge in [-0.05, 0) is 6.92 Å². The number of nitro benzene ring substituents is 1. The number of hydrogen-bond acceptors (Lipinski definition) is 6. The number of halogens is 1. The Morgan fingerprint density at radius 2 is 2.17 bits per heavy atom. The molecular weight excluding hydrogens is 284 g/mol. The van der Waals surface area contributed by atoms with E-state index < -0.39 is 24.6 Å². The Morgan fingerprint density at radius 1 is 1.56 bits per heavy atom. The summed E-state index contributed by atoms with van der Waals surface area (Å²) in [6.07, 6.45) is 0. The molecule has 0 aliphatic heterocycles. The van der Waals surface area contributed by atoms with Crippen LogP contribution in [0.2, 0.25) is 0 Å². The summed E-state index contributed by atoms with van der Waals surface area (Å²) in [6, 6.07) is 3.32. The molecule has 1 rings (SSSR count). The second kappa shape index (κ2) is 5.20. The average molecular weight is 291 g/mol. The van der Waals surface area contributed by atoms with Gasteiger partial charge in [-0.25, -0.2) is 8.42 Å². The maximum Gasteiger partial charge on any atom is 0.274 e. The monoisotopic (exact) mass is 290 g/mol. The van der Waals surface area contributed by atoms with Crippen LogP contribution >= 0.6 is 10.7 Å². The smallest absolute Gasteiger partial charge is 0.274 e. The van der Waals surface area contributed by atoms with Crippen molar-refractivity contribution in [3.05, 3.63) is 27.8 Å². The lowest BCUT2D eigenvalue weighted by molar-refractivity contribution is -0.385. The minimum absolute atomic E-state index is 0.123. The van der Waals surface area contributed by atoms with E-state index in [0.717, 1.165) is 12.1 Å². The Kier molecular flexibility index (Phi) is 4.11. The van der Waals surface area contributed by atoms with E-state index in [9.17, 15) is 18.5 Å². The van der Waals surface area contributed by atoms with Crippen molar-refractivity contribution in [3.63, 3.8) is 0 Å². The Bertz CT molecular complexity index is 635. The first-order chi connectivity index (χ1) is 8.31. The Labute approximate surface area is 107 Å². The lowest BCUT2D eigenvalue weighted by Crippen LogP contribution is -2.03. The van der Waals surface area contributed by atoms with Gasteiger partial charge in [0.05, 0.1) is 17.6 Å². The Morgan fingerprint density at radius 3 is 2.56 bits per heavy atom. The number of non-ortho nitro benzene ring substituents is 1. The normalized spacial score (nSPS) is 10.7. The van der Waals surface area contributed by atoms with E-state index in [1.807, 2.05) is 0 Å². The predicted octanol–water partition coefficient (Wildman–Crippen LogP) is 1.79. The third-order valence-electron chi connectivity index (χ3n) is 1.94. The first-order valence-electron chi connectivity index (χ1n) is 4.61. The summed E-state index contributed by atoms with van der Waals surface area (Å²) in [5.41, 5.74) is -0.867. The van der Waals surface area contributed by atoms with Gasteiger partial charge in [0, 0.05) is 16.7 Å². The van der Waals surface area contributed by atoms with Gasteiger partial charge in [0.2, 0.25) is 0 Å². The number of rotatable bonds is 4. The molecule has 1 aromatic carbocycles. The highest BCUT2D eigenvalue weighted by molar-refractivity contribution is 8.13. The van der Waals surface area contributed by atoms with Crippen LogP contribution in [-0.2, 0) is 9.05 Å². The zero-order valence-electron chi connectivity index (χ0n) is 9.08. The molecule has 0 aliphatic rings. The average Bonchev–Trinajstić information content (AvgIpc) is 2.27. The summed E-state index contributed by atoms with van der Waals surface area (Å²) in [5, 5.41) is 19.6. The number of hydrogen-bond donors (Lipinski definition) is 0. The van der Waals surface area contributed by atoms with E-state index >= 15 is 0 Å². The third kappa shape index (κ3) is 2.88.